The minimum absolute atomic E-state index is 0.281. The summed E-state index contributed by atoms with van der Waals surface area (Å²) in [6, 6.07) is 6.41. The Morgan fingerprint density at radius 1 is 1.05 bits per heavy atom. The molecule has 1 aromatic rings. The van der Waals surface area contributed by atoms with Gasteiger partial charge >= 0.3 is 0 Å². The molecule has 1 aromatic carbocycles. The Kier molecular flexibility index (Phi) is 4.59. The summed E-state index contributed by atoms with van der Waals surface area (Å²) in [6.07, 6.45) is 4.57. The van der Waals surface area contributed by atoms with E-state index in [-0.39, 0.29) is 6.10 Å². The number of hydrogen-bond donors (Lipinski definition) is 1. The maximum Gasteiger partial charge on any atom is 0.0820 e. The van der Waals surface area contributed by atoms with Crippen LogP contribution in [-0.2, 0) is 0 Å². The maximum absolute atomic E-state index is 10.7. The van der Waals surface area contributed by atoms with Crippen LogP contribution >= 0.6 is 0 Å². The minimum atomic E-state index is -0.281. The first-order valence-corrected chi connectivity index (χ1v) is 8.04. The number of aliphatic hydroxyl groups excluding tert-OH is 1. The lowest BCUT2D eigenvalue weighted by molar-refractivity contribution is 0.0524. The number of aliphatic hydroxyl groups is 1. The number of benzene rings is 1. The van der Waals surface area contributed by atoms with Gasteiger partial charge in [-0.25, -0.2) is 0 Å². The first-order chi connectivity index (χ1) is 9.29. The lowest BCUT2D eigenvalue weighted by atomic mass is 9.68. The van der Waals surface area contributed by atoms with Crippen LogP contribution in [0.4, 0.5) is 0 Å². The van der Waals surface area contributed by atoms with Crippen LogP contribution in [0.2, 0.25) is 0 Å². The SMILES string of the molecule is Cc1ccc(C(O)C2CCC(C(C)(C)C)CC2)c(C)c1. The van der Waals surface area contributed by atoms with Crippen molar-refractivity contribution in [2.24, 2.45) is 17.3 Å². The number of hydrogen-bond acceptors (Lipinski definition) is 1. The van der Waals surface area contributed by atoms with Gasteiger partial charge in [-0.3, -0.25) is 0 Å². The average Bonchev–Trinajstić information content (AvgIpc) is 2.37. The summed E-state index contributed by atoms with van der Waals surface area (Å²) in [7, 11) is 0. The fourth-order valence-electron chi connectivity index (χ4n) is 3.71. The lowest BCUT2D eigenvalue weighted by Gasteiger charge is -2.38. The topological polar surface area (TPSA) is 20.2 Å². The van der Waals surface area contributed by atoms with Crippen LogP contribution in [0.1, 0.15) is 69.2 Å². The molecule has 0 bridgehead atoms. The van der Waals surface area contributed by atoms with Crippen LogP contribution in [-0.4, -0.2) is 5.11 Å². The van der Waals surface area contributed by atoms with E-state index in [4.69, 9.17) is 0 Å². The van der Waals surface area contributed by atoms with Crippen LogP contribution < -0.4 is 0 Å². The molecule has 0 amide bonds. The first-order valence-electron chi connectivity index (χ1n) is 8.04. The fraction of sp³-hybridized carbons (Fsp3) is 0.684. The zero-order valence-corrected chi connectivity index (χ0v) is 13.7. The third-order valence-corrected chi connectivity index (χ3v) is 5.19. The van der Waals surface area contributed by atoms with Crippen LogP contribution in [0, 0.1) is 31.1 Å². The predicted molar refractivity (Wildman–Crippen MR) is 85.8 cm³/mol. The molecule has 0 radical (unpaired) electrons. The first kappa shape index (κ1) is 15.6. The van der Waals surface area contributed by atoms with Crippen molar-refractivity contribution in [2.75, 3.05) is 0 Å². The molecule has 0 saturated heterocycles. The summed E-state index contributed by atoms with van der Waals surface area (Å²) in [5.41, 5.74) is 4.05. The fourth-order valence-corrected chi connectivity index (χ4v) is 3.71. The molecule has 1 fully saturated rings. The van der Waals surface area contributed by atoms with Crippen molar-refractivity contribution in [3.8, 4) is 0 Å². The summed E-state index contributed by atoms with van der Waals surface area (Å²) >= 11 is 0. The van der Waals surface area contributed by atoms with Gasteiger partial charge in [0.25, 0.3) is 0 Å². The normalized spacial score (nSPS) is 25.5. The highest BCUT2D eigenvalue weighted by Crippen LogP contribution is 2.43. The lowest BCUT2D eigenvalue weighted by Crippen LogP contribution is -2.28. The van der Waals surface area contributed by atoms with Gasteiger partial charge in [0.1, 0.15) is 0 Å². The molecule has 1 atom stereocenters. The van der Waals surface area contributed by atoms with Crippen molar-refractivity contribution < 1.29 is 5.11 Å². The largest absolute Gasteiger partial charge is 0.388 e. The van der Waals surface area contributed by atoms with Crippen molar-refractivity contribution in [1.29, 1.82) is 0 Å². The van der Waals surface area contributed by atoms with Gasteiger partial charge in [-0.15, -0.1) is 0 Å². The molecule has 0 aliphatic heterocycles. The van der Waals surface area contributed by atoms with Crippen LogP contribution in [0.3, 0.4) is 0 Å². The second-order valence-electron chi connectivity index (χ2n) is 7.78. The average molecular weight is 274 g/mol. The molecule has 1 aliphatic carbocycles. The van der Waals surface area contributed by atoms with Crippen LogP contribution in [0.5, 0.6) is 0 Å². The van der Waals surface area contributed by atoms with Gasteiger partial charge in [-0.1, -0.05) is 44.5 Å². The molecule has 112 valence electrons. The molecule has 1 unspecified atom stereocenters. The third-order valence-electron chi connectivity index (χ3n) is 5.19. The Morgan fingerprint density at radius 3 is 2.15 bits per heavy atom. The van der Waals surface area contributed by atoms with Crippen LogP contribution in [0.25, 0.3) is 0 Å². The smallest absolute Gasteiger partial charge is 0.0820 e. The summed E-state index contributed by atoms with van der Waals surface area (Å²) < 4.78 is 0. The van der Waals surface area contributed by atoms with E-state index in [2.05, 4.69) is 52.8 Å². The number of rotatable bonds is 2. The van der Waals surface area contributed by atoms with E-state index >= 15 is 0 Å². The third kappa shape index (κ3) is 3.44. The van der Waals surface area contributed by atoms with Gasteiger partial charge in [0.2, 0.25) is 0 Å². The van der Waals surface area contributed by atoms with Crippen molar-refractivity contribution in [2.45, 2.75) is 66.4 Å². The van der Waals surface area contributed by atoms with Crippen LogP contribution in [0.15, 0.2) is 18.2 Å². The Morgan fingerprint density at radius 2 is 1.65 bits per heavy atom. The zero-order valence-electron chi connectivity index (χ0n) is 13.7. The van der Waals surface area contributed by atoms with Crippen molar-refractivity contribution in [1.82, 2.24) is 0 Å². The Hall–Kier alpha value is -0.820. The maximum atomic E-state index is 10.7. The quantitative estimate of drug-likeness (QED) is 0.787. The van der Waals surface area contributed by atoms with Gasteiger partial charge in [0, 0.05) is 0 Å². The molecule has 1 N–H and O–H groups in total. The summed E-state index contributed by atoms with van der Waals surface area (Å²) in [5.74, 6) is 1.25. The second-order valence-corrected chi connectivity index (χ2v) is 7.78. The Labute approximate surface area is 124 Å². The molecule has 2 rings (SSSR count). The molecule has 1 saturated carbocycles. The second kappa shape index (κ2) is 5.89. The molecule has 0 aromatic heterocycles. The van der Waals surface area contributed by atoms with Gasteiger partial charge in [-0.05, 0) is 67.9 Å². The molecular formula is C19H30O. The highest BCUT2D eigenvalue weighted by molar-refractivity contribution is 5.32. The van der Waals surface area contributed by atoms with Gasteiger partial charge < -0.3 is 5.11 Å². The van der Waals surface area contributed by atoms with E-state index in [1.54, 1.807) is 0 Å². The number of aryl methyl sites for hydroxylation is 2. The van der Waals surface area contributed by atoms with Crippen molar-refractivity contribution >= 4 is 0 Å². The van der Waals surface area contributed by atoms with E-state index in [9.17, 15) is 5.11 Å². The predicted octanol–water partition coefficient (Wildman–Crippen LogP) is 5.19. The zero-order chi connectivity index (χ0) is 14.9. The molecule has 20 heavy (non-hydrogen) atoms. The van der Waals surface area contributed by atoms with Gasteiger partial charge in [0.05, 0.1) is 6.10 Å². The highest BCUT2D eigenvalue weighted by atomic mass is 16.3. The molecule has 0 heterocycles. The monoisotopic (exact) mass is 274 g/mol. The van der Waals surface area contributed by atoms with E-state index in [1.807, 2.05) is 0 Å². The minimum Gasteiger partial charge on any atom is -0.388 e. The molecule has 1 nitrogen and oxygen atoms in total. The standard InChI is InChI=1S/C19H30O/c1-13-6-11-17(14(2)12-13)18(20)15-7-9-16(10-8-15)19(3,4)5/h6,11-12,15-16,18,20H,7-10H2,1-5H3. The molecule has 1 heteroatoms. The van der Waals surface area contributed by atoms with Gasteiger partial charge in [0.15, 0.2) is 0 Å². The van der Waals surface area contributed by atoms with E-state index in [0.717, 1.165) is 24.3 Å². The summed E-state index contributed by atoms with van der Waals surface area (Å²) in [6.45, 7) is 11.3. The highest BCUT2D eigenvalue weighted by Gasteiger charge is 2.33. The van der Waals surface area contributed by atoms with Crippen molar-refractivity contribution in [3.05, 3.63) is 34.9 Å². The Balaban J connectivity index is 2.03. The molecule has 0 spiro atoms. The summed E-state index contributed by atoms with van der Waals surface area (Å²) in [4.78, 5) is 0. The van der Waals surface area contributed by atoms with E-state index in [1.165, 1.54) is 24.0 Å². The van der Waals surface area contributed by atoms with E-state index in [0.29, 0.717) is 11.3 Å². The molecular weight excluding hydrogens is 244 g/mol. The Bertz CT molecular complexity index is 447. The van der Waals surface area contributed by atoms with Gasteiger partial charge in [-0.2, -0.15) is 0 Å². The van der Waals surface area contributed by atoms with E-state index < -0.39 is 0 Å². The van der Waals surface area contributed by atoms with Crippen molar-refractivity contribution in [3.63, 3.8) is 0 Å². The summed E-state index contributed by atoms with van der Waals surface area (Å²) in [5, 5.41) is 10.7. The molecule has 1 aliphatic rings.